The topological polar surface area (TPSA) is 44.8 Å². The van der Waals surface area contributed by atoms with Gasteiger partial charge in [0, 0.05) is 5.57 Å². The first-order valence-corrected chi connectivity index (χ1v) is 8.01. The van der Waals surface area contributed by atoms with Gasteiger partial charge in [-0.2, -0.15) is 0 Å². The molecule has 0 radical (unpaired) electrons. The molecular weight excluding hydrogens is 304 g/mol. The molecule has 2 aromatic rings. The van der Waals surface area contributed by atoms with Gasteiger partial charge < -0.3 is 14.2 Å². The Hall–Kier alpha value is -2.75. The molecule has 3 rings (SSSR count). The average Bonchev–Trinajstić information content (AvgIpc) is 2.65. The first kappa shape index (κ1) is 16.1. The third-order valence-corrected chi connectivity index (χ3v) is 3.98. The summed E-state index contributed by atoms with van der Waals surface area (Å²) in [6.07, 6.45) is 0.575. The zero-order valence-corrected chi connectivity index (χ0v) is 13.9. The van der Waals surface area contributed by atoms with E-state index in [1.54, 1.807) is 0 Å². The average molecular weight is 324 g/mol. The van der Waals surface area contributed by atoms with E-state index in [2.05, 4.69) is 0 Å². The van der Waals surface area contributed by atoms with Crippen LogP contribution in [0.1, 0.15) is 24.5 Å². The molecule has 0 spiro atoms. The van der Waals surface area contributed by atoms with E-state index in [4.69, 9.17) is 14.2 Å². The number of esters is 1. The molecule has 4 nitrogen and oxygen atoms in total. The minimum absolute atomic E-state index is 0.314. The van der Waals surface area contributed by atoms with Gasteiger partial charge in [-0.25, -0.2) is 4.79 Å². The lowest BCUT2D eigenvalue weighted by Crippen LogP contribution is -2.15. The molecule has 0 atom stereocenters. The highest BCUT2D eigenvalue weighted by Crippen LogP contribution is 2.36. The largest absolute Gasteiger partial charge is 0.486 e. The number of rotatable bonds is 4. The molecule has 0 fully saturated rings. The molecule has 4 heteroatoms. The molecule has 0 saturated carbocycles. The van der Waals surface area contributed by atoms with Crippen molar-refractivity contribution in [3.63, 3.8) is 0 Å². The smallest absolute Gasteiger partial charge is 0.334 e. The summed E-state index contributed by atoms with van der Waals surface area (Å²) in [6, 6.07) is 15.6. The van der Waals surface area contributed by atoms with Gasteiger partial charge in [-0.15, -0.1) is 0 Å². The predicted molar refractivity (Wildman–Crippen MR) is 92.2 cm³/mol. The van der Waals surface area contributed by atoms with Crippen molar-refractivity contribution < 1.29 is 19.0 Å². The van der Waals surface area contributed by atoms with Crippen LogP contribution >= 0.6 is 0 Å². The van der Waals surface area contributed by atoms with Crippen LogP contribution in [0.25, 0.3) is 5.57 Å². The molecule has 2 aromatic carbocycles. The number of fused-ring (bicyclic) bond motifs is 1. The Bertz CT molecular complexity index is 762. The highest BCUT2D eigenvalue weighted by atomic mass is 16.6. The molecule has 0 amide bonds. The zero-order valence-electron chi connectivity index (χ0n) is 13.9. The van der Waals surface area contributed by atoms with Crippen molar-refractivity contribution >= 4 is 11.5 Å². The number of methoxy groups -OCH3 is 1. The molecule has 0 aromatic heterocycles. The van der Waals surface area contributed by atoms with Crippen LogP contribution in [0, 0.1) is 0 Å². The van der Waals surface area contributed by atoms with E-state index < -0.39 is 0 Å². The number of carbonyl (C=O) groups excluding carboxylic acids is 1. The second kappa shape index (κ2) is 7.21. The van der Waals surface area contributed by atoms with Crippen LogP contribution in [-0.2, 0) is 9.53 Å². The van der Waals surface area contributed by atoms with E-state index in [1.165, 1.54) is 7.11 Å². The lowest BCUT2D eigenvalue weighted by atomic mass is 9.91. The van der Waals surface area contributed by atoms with Crippen molar-refractivity contribution in [2.75, 3.05) is 20.3 Å². The van der Waals surface area contributed by atoms with Crippen molar-refractivity contribution in [3.8, 4) is 11.5 Å². The van der Waals surface area contributed by atoms with Crippen molar-refractivity contribution in [1.82, 2.24) is 0 Å². The second-order valence-corrected chi connectivity index (χ2v) is 5.42. The quantitative estimate of drug-likeness (QED) is 0.633. The minimum atomic E-state index is -0.314. The maximum Gasteiger partial charge on any atom is 0.334 e. The zero-order chi connectivity index (χ0) is 16.9. The van der Waals surface area contributed by atoms with Crippen LogP contribution < -0.4 is 9.47 Å². The third-order valence-electron chi connectivity index (χ3n) is 3.98. The summed E-state index contributed by atoms with van der Waals surface area (Å²) in [7, 11) is 1.41. The maximum absolute atomic E-state index is 12.3. The maximum atomic E-state index is 12.3. The van der Waals surface area contributed by atoms with Crippen LogP contribution in [-0.4, -0.2) is 26.3 Å². The fourth-order valence-electron chi connectivity index (χ4n) is 2.87. The van der Waals surface area contributed by atoms with Crippen LogP contribution in [0.2, 0.25) is 0 Å². The highest BCUT2D eigenvalue weighted by molar-refractivity contribution is 6.01. The van der Waals surface area contributed by atoms with E-state index in [9.17, 15) is 4.79 Å². The monoisotopic (exact) mass is 324 g/mol. The van der Waals surface area contributed by atoms with E-state index in [0.29, 0.717) is 31.0 Å². The summed E-state index contributed by atoms with van der Waals surface area (Å²) in [5.74, 6) is 1.12. The Balaban J connectivity index is 2.18. The number of carbonyl (C=O) groups is 1. The Morgan fingerprint density at radius 2 is 1.71 bits per heavy atom. The molecule has 0 saturated heterocycles. The molecule has 1 heterocycles. The second-order valence-electron chi connectivity index (χ2n) is 5.42. The highest BCUT2D eigenvalue weighted by Gasteiger charge is 2.20. The van der Waals surface area contributed by atoms with Crippen LogP contribution in [0.15, 0.2) is 54.1 Å². The Morgan fingerprint density at radius 3 is 2.38 bits per heavy atom. The molecular formula is C20H20O4. The molecule has 1 aliphatic heterocycles. The molecule has 1 aliphatic rings. The summed E-state index contributed by atoms with van der Waals surface area (Å²) in [5.41, 5.74) is 3.38. The Labute approximate surface area is 141 Å². The molecule has 24 heavy (non-hydrogen) atoms. The fraction of sp³-hybridized carbons (Fsp3) is 0.250. The van der Waals surface area contributed by atoms with Crippen molar-refractivity contribution in [2.24, 2.45) is 0 Å². The Kier molecular flexibility index (Phi) is 4.85. The normalized spacial score (nSPS) is 13.9. The SMILES string of the molecule is CC/C(C(=O)OC)=C(/c1ccccc1)c1ccc2c(c1)OCCO2. The summed E-state index contributed by atoms with van der Waals surface area (Å²) in [6.45, 7) is 3.03. The molecule has 0 bridgehead atoms. The van der Waals surface area contributed by atoms with Crippen LogP contribution in [0.3, 0.4) is 0 Å². The van der Waals surface area contributed by atoms with Gasteiger partial charge in [-0.05, 0) is 35.3 Å². The number of hydrogen-bond acceptors (Lipinski definition) is 4. The fourth-order valence-corrected chi connectivity index (χ4v) is 2.87. The van der Waals surface area contributed by atoms with Gasteiger partial charge in [0.25, 0.3) is 0 Å². The van der Waals surface area contributed by atoms with Crippen LogP contribution in [0.4, 0.5) is 0 Å². The summed E-state index contributed by atoms with van der Waals surface area (Å²) < 4.78 is 16.3. The van der Waals surface area contributed by atoms with Gasteiger partial charge >= 0.3 is 5.97 Å². The van der Waals surface area contributed by atoms with E-state index in [0.717, 1.165) is 22.4 Å². The van der Waals surface area contributed by atoms with Crippen molar-refractivity contribution in [2.45, 2.75) is 13.3 Å². The molecule has 0 N–H and O–H groups in total. The standard InChI is InChI=1S/C20H20O4/c1-3-16(20(21)22-2)19(14-7-5-4-6-8-14)15-9-10-17-18(13-15)24-12-11-23-17/h4-10,13H,3,11-12H2,1-2H3/b19-16+. The van der Waals surface area contributed by atoms with Gasteiger partial charge in [-0.1, -0.05) is 43.3 Å². The van der Waals surface area contributed by atoms with Gasteiger partial charge in [0.2, 0.25) is 0 Å². The summed E-state index contributed by atoms with van der Waals surface area (Å²) in [5, 5.41) is 0. The molecule has 124 valence electrons. The summed E-state index contributed by atoms with van der Waals surface area (Å²) in [4.78, 5) is 12.3. The number of ether oxygens (including phenoxy) is 3. The van der Waals surface area contributed by atoms with Crippen molar-refractivity contribution in [1.29, 1.82) is 0 Å². The summed E-state index contributed by atoms with van der Waals surface area (Å²) >= 11 is 0. The van der Waals surface area contributed by atoms with Gasteiger partial charge in [0.15, 0.2) is 11.5 Å². The first-order valence-electron chi connectivity index (χ1n) is 8.01. The minimum Gasteiger partial charge on any atom is -0.486 e. The molecule has 0 aliphatic carbocycles. The Morgan fingerprint density at radius 1 is 1.00 bits per heavy atom. The van der Waals surface area contributed by atoms with Crippen molar-refractivity contribution in [3.05, 3.63) is 65.2 Å². The number of benzene rings is 2. The van der Waals surface area contributed by atoms with Gasteiger partial charge in [0.05, 0.1) is 7.11 Å². The first-order chi connectivity index (χ1) is 11.7. The van der Waals surface area contributed by atoms with E-state index in [-0.39, 0.29) is 5.97 Å². The number of hydrogen-bond donors (Lipinski definition) is 0. The molecule has 0 unspecified atom stereocenters. The lowest BCUT2D eigenvalue weighted by Gasteiger charge is -2.20. The lowest BCUT2D eigenvalue weighted by molar-refractivity contribution is -0.136. The third kappa shape index (κ3) is 3.13. The van der Waals surface area contributed by atoms with E-state index >= 15 is 0 Å². The van der Waals surface area contributed by atoms with Crippen LogP contribution in [0.5, 0.6) is 11.5 Å². The van der Waals surface area contributed by atoms with Gasteiger partial charge in [-0.3, -0.25) is 0 Å². The van der Waals surface area contributed by atoms with Gasteiger partial charge in [0.1, 0.15) is 13.2 Å². The van der Waals surface area contributed by atoms with E-state index in [1.807, 2.05) is 55.5 Å². The predicted octanol–water partition coefficient (Wildman–Crippen LogP) is 3.84.